The van der Waals surface area contributed by atoms with Gasteiger partial charge in [-0.1, -0.05) is 155 Å². The molecule has 2 unspecified atom stereocenters. The zero-order valence-corrected chi connectivity index (χ0v) is 21.3. The Morgan fingerprint density at radius 1 is 0.533 bits per heavy atom. The maximum atomic E-state index is 3.93. The third-order valence-corrected chi connectivity index (χ3v) is 6.98. The molecule has 2 radical (unpaired) electrons. The second-order valence-electron chi connectivity index (χ2n) is 9.68. The van der Waals surface area contributed by atoms with Crippen LogP contribution in [0.1, 0.15) is 155 Å². The van der Waals surface area contributed by atoms with Crippen molar-refractivity contribution in [2.45, 2.75) is 155 Å². The maximum absolute atomic E-state index is 3.93. The molecule has 0 amide bonds. The molecule has 0 saturated heterocycles. The summed E-state index contributed by atoms with van der Waals surface area (Å²) in [6.45, 7) is 12.5. The molecule has 0 spiro atoms. The molecule has 2 atom stereocenters. The molecule has 0 aliphatic carbocycles. The van der Waals surface area contributed by atoms with Crippen LogP contribution in [0.5, 0.6) is 0 Å². The second kappa shape index (κ2) is 25.0. The molecule has 0 heterocycles. The van der Waals surface area contributed by atoms with Gasteiger partial charge in [0.15, 0.2) is 0 Å². The molecule has 0 aliphatic heterocycles. The lowest BCUT2D eigenvalue weighted by Crippen LogP contribution is -1.99. The van der Waals surface area contributed by atoms with Gasteiger partial charge in [-0.2, -0.15) is 0 Å². The lowest BCUT2D eigenvalue weighted by molar-refractivity contribution is 0.392. The van der Waals surface area contributed by atoms with Crippen LogP contribution in [0.15, 0.2) is 12.2 Å². The summed E-state index contributed by atoms with van der Waals surface area (Å²) in [5, 5.41) is 0. The van der Waals surface area contributed by atoms with Gasteiger partial charge in [0, 0.05) is 0 Å². The molecule has 0 N–H and O–H groups in total. The zero-order valence-electron chi connectivity index (χ0n) is 21.3. The highest BCUT2D eigenvalue weighted by atomic mass is 14.1. The van der Waals surface area contributed by atoms with Crippen molar-refractivity contribution >= 4 is 0 Å². The molecule has 0 nitrogen and oxygen atoms in total. The molecule has 0 fully saturated rings. The van der Waals surface area contributed by atoms with Gasteiger partial charge in [-0.15, -0.1) is 0 Å². The van der Waals surface area contributed by atoms with Crippen molar-refractivity contribution in [1.29, 1.82) is 0 Å². The first kappa shape index (κ1) is 29.7. The number of unbranched alkanes of at least 4 members (excludes halogenated alkanes) is 14. The van der Waals surface area contributed by atoms with Gasteiger partial charge < -0.3 is 0 Å². The fraction of sp³-hybridized carbons (Fsp3) is 0.867. The smallest absolute Gasteiger partial charge is 0.0236 e. The topological polar surface area (TPSA) is 0 Å². The predicted molar refractivity (Wildman–Crippen MR) is 140 cm³/mol. The Kier molecular flexibility index (Phi) is 24.8. The minimum atomic E-state index is 0.793. The van der Waals surface area contributed by atoms with Crippen LogP contribution in [0.3, 0.4) is 0 Å². The monoisotopic (exact) mass is 418 g/mol. The Balaban J connectivity index is 3.41. The summed E-state index contributed by atoms with van der Waals surface area (Å²) in [4.78, 5) is 0. The summed E-state index contributed by atoms with van der Waals surface area (Å²) < 4.78 is 0. The van der Waals surface area contributed by atoms with Gasteiger partial charge >= 0.3 is 0 Å². The van der Waals surface area contributed by atoms with Crippen LogP contribution in [0.2, 0.25) is 0 Å². The average molecular weight is 419 g/mol. The quantitative estimate of drug-likeness (QED) is 0.108. The first-order valence-corrected chi connectivity index (χ1v) is 14.0. The van der Waals surface area contributed by atoms with Crippen molar-refractivity contribution in [3.8, 4) is 0 Å². The number of allylic oxidation sites excluding steroid dienone is 2. The van der Waals surface area contributed by atoms with E-state index in [-0.39, 0.29) is 0 Å². The Morgan fingerprint density at radius 3 is 1.37 bits per heavy atom. The van der Waals surface area contributed by atoms with E-state index in [0.717, 1.165) is 24.7 Å². The van der Waals surface area contributed by atoms with E-state index in [1.807, 2.05) is 0 Å². The average Bonchev–Trinajstić information content (AvgIpc) is 2.77. The summed E-state index contributed by atoms with van der Waals surface area (Å²) in [5.74, 6) is 1.79. The molecule has 0 bridgehead atoms. The third kappa shape index (κ3) is 21.0. The lowest BCUT2D eigenvalue weighted by atomic mass is 9.92. The minimum Gasteiger partial charge on any atom is -0.0883 e. The normalized spacial score (nSPS) is 13.9. The van der Waals surface area contributed by atoms with Gasteiger partial charge in [-0.3, -0.25) is 0 Å². The number of hydrogen-bond acceptors (Lipinski definition) is 0. The summed E-state index contributed by atoms with van der Waals surface area (Å²) in [6, 6.07) is 0. The van der Waals surface area contributed by atoms with Gasteiger partial charge in [0.05, 0.1) is 0 Å². The molecular weight excluding hydrogens is 360 g/mol. The van der Waals surface area contributed by atoms with E-state index in [2.05, 4.69) is 39.8 Å². The van der Waals surface area contributed by atoms with Crippen molar-refractivity contribution in [2.75, 3.05) is 0 Å². The van der Waals surface area contributed by atoms with Crippen molar-refractivity contribution < 1.29 is 0 Å². The first-order chi connectivity index (χ1) is 14.8. The molecule has 0 rings (SSSR count). The van der Waals surface area contributed by atoms with Crippen molar-refractivity contribution in [3.05, 3.63) is 26.0 Å². The van der Waals surface area contributed by atoms with Crippen LogP contribution in [0, 0.1) is 25.7 Å². The van der Waals surface area contributed by atoms with Crippen LogP contribution in [-0.2, 0) is 0 Å². The summed E-state index contributed by atoms with van der Waals surface area (Å²) >= 11 is 0. The van der Waals surface area contributed by atoms with E-state index in [1.54, 1.807) is 0 Å². The van der Waals surface area contributed by atoms with Crippen LogP contribution in [0.4, 0.5) is 0 Å². The van der Waals surface area contributed by atoms with E-state index >= 15 is 0 Å². The Bertz CT molecular complexity index is 329. The second-order valence-corrected chi connectivity index (χ2v) is 9.68. The van der Waals surface area contributed by atoms with Crippen LogP contribution in [0.25, 0.3) is 0 Å². The summed E-state index contributed by atoms with van der Waals surface area (Å²) in [6.07, 6.45) is 35.3. The van der Waals surface area contributed by atoms with Crippen LogP contribution in [-0.4, -0.2) is 0 Å². The van der Waals surface area contributed by atoms with Crippen molar-refractivity contribution in [3.63, 3.8) is 0 Å². The maximum Gasteiger partial charge on any atom is -0.0236 e. The molecule has 0 aromatic heterocycles. The van der Waals surface area contributed by atoms with Crippen molar-refractivity contribution in [2.24, 2.45) is 11.8 Å². The Morgan fingerprint density at radius 2 is 0.967 bits per heavy atom. The van der Waals surface area contributed by atoms with E-state index in [9.17, 15) is 0 Å². The van der Waals surface area contributed by atoms with E-state index < -0.39 is 0 Å². The molecular formula is C30H58. The Labute approximate surface area is 193 Å². The molecule has 0 saturated carbocycles. The number of rotatable bonds is 24. The van der Waals surface area contributed by atoms with E-state index in [1.165, 1.54) is 128 Å². The zero-order chi connectivity index (χ0) is 22.1. The van der Waals surface area contributed by atoms with Crippen LogP contribution < -0.4 is 0 Å². The predicted octanol–water partition coefficient (Wildman–Crippen LogP) is 11.1. The molecule has 0 aromatic rings. The molecule has 0 aromatic carbocycles. The molecule has 30 heavy (non-hydrogen) atoms. The highest BCUT2D eigenvalue weighted by Crippen LogP contribution is 2.22. The van der Waals surface area contributed by atoms with E-state index in [0.29, 0.717) is 0 Å². The lowest BCUT2D eigenvalue weighted by Gasteiger charge is -2.14. The summed E-state index contributed by atoms with van der Waals surface area (Å²) in [7, 11) is 0. The molecule has 0 heteroatoms. The van der Waals surface area contributed by atoms with Crippen LogP contribution >= 0.6 is 0 Å². The van der Waals surface area contributed by atoms with Gasteiger partial charge in [-0.25, -0.2) is 0 Å². The standard InChI is InChI=1S/C30H58/c1-5-9-11-12-13-16-19-23-27-30(8-4)28-24-21-18-15-14-17-20-22-26-29(7-3)25-10-6-2/h10,25,29-30H,1-2,5-9,11-24,26-28H2,3-4H3. The van der Waals surface area contributed by atoms with Gasteiger partial charge in [0.1, 0.15) is 0 Å². The minimum absolute atomic E-state index is 0.793. The largest absolute Gasteiger partial charge is 0.0883 e. The van der Waals surface area contributed by atoms with Gasteiger partial charge in [-0.05, 0) is 38.0 Å². The van der Waals surface area contributed by atoms with E-state index in [4.69, 9.17) is 0 Å². The molecule has 0 aliphatic rings. The Hall–Kier alpha value is -0.260. The first-order valence-electron chi connectivity index (χ1n) is 14.0. The molecule has 178 valence electrons. The summed E-state index contributed by atoms with van der Waals surface area (Å²) in [5.41, 5.74) is 0. The third-order valence-electron chi connectivity index (χ3n) is 6.98. The van der Waals surface area contributed by atoms with Gasteiger partial charge in [0.25, 0.3) is 0 Å². The highest BCUT2D eigenvalue weighted by molar-refractivity contribution is 4.88. The van der Waals surface area contributed by atoms with Gasteiger partial charge in [0.2, 0.25) is 0 Å². The fourth-order valence-corrected chi connectivity index (χ4v) is 4.67. The SMILES string of the molecule is [CH2]CC=CC(CC)CCCCCCCCCCC(CC)CCCCCCCCC[CH2]. The van der Waals surface area contributed by atoms with Crippen molar-refractivity contribution in [1.82, 2.24) is 0 Å². The fourth-order valence-electron chi connectivity index (χ4n) is 4.67. The highest BCUT2D eigenvalue weighted by Gasteiger charge is 2.06. The number of hydrogen-bond donors (Lipinski definition) is 0.